The molecule has 0 fully saturated rings. The van der Waals surface area contributed by atoms with Crippen LogP contribution in [-0.2, 0) is 10.2 Å². The molecule has 1 aromatic rings. The van der Waals surface area contributed by atoms with Crippen LogP contribution in [0, 0.1) is 0 Å². The normalized spacial score (nSPS) is 11.8. The molecule has 94 valence electrons. The zero-order chi connectivity index (χ0) is 13.1. The molecule has 0 amide bonds. The summed E-state index contributed by atoms with van der Waals surface area (Å²) in [5, 5.41) is 0.436. The smallest absolute Gasteiger partial charge is 0.279 e. The standard InChI is InChI=1S/C10H13ClN2O3S/c1-13(2)17(15,16)12-7-10(14)8-4-3-5-9(11)6-8/h3-6,12H,7H2,1-2H3. The molecule has 0 unspecified atom stereocenters. The van der Waals surface area contributed by atoms with Crippen molar-refractivity contribution in [2.24, 2.45) is 0 Å². The summed E-state index contributed by atoms with van der Waals surface area (Å²) in [4.78, 5) is 11.7. The van der Waals surface area contributed by atoms with Gasteiger partial charge in [0.05, 0.1) is 6.54 Å². The lowest BCUT2D eigenvalue weighted by Gasteiger charge is -2.11. The van der Waals surface area contributed by atoms with E-state index in [1.807, 2.05) is 0 Å². The van der Waals surface area contributed by atoms with Crippen LogP contribution < -0.4 is 4.72 Å². The van der Waals surface area contributed by atoms with E-state index in [9.17, 15) is 13.2 Å². The maximum atomic E-state index is 11.7. The Hall–Kier alpha value is -0.950. The summed E-state index contributed by atoms with van der Waals surface area (Å²) in [6.45, 7) is -0.291. The summed E-state index contributed by atoms with van der Waals surface area (Å²) in [5.41, 5.74) is 0.374. The maximum Gasteiger partial charge on any atom is 0.279 e. The van der Waals surface area contributed by atoms with Gasteiger partial charge in [0.2, 0.25) is 0 Å². The van der Waals surface area contributed by atoms with Gasteiger partial charge in [-0.3, -0.25) is 4.79 Å². The predicted molar refractivity (Wildman–Crippen MR) is 66.4 cm³/mol. The van der Waals surface area contributed by atoms with Crippen molar-refractivity contribution in [2.45, 2.75) is 0 Å². The van der Waals surface area contributed by atoms with Crippen LogP contribution in [0.3, 0.4) is 0 Å². The summed E-state index contributed by atoms with van der Waals surface area (Å²) in [6.07, 6.45) is 0. The van der Waals surface area contributed by atoms with E-state index in [4.69, 9.17) is 11.6 Å². The number of rotatable bonds is 5. The molecule has 17 heavy (non-hydrogen) atoms. The highest BCUT2D eigenvalue weighted by Gasteiger charge is 2.15. The second-order valence-corrected chi connectivity index (χ2v) is 5.95. The van der Waals surface area contributed by atoms with Crippen LogP contribution in [0.25, 0.3) is 0 Å². The molecule has 5 nitrogen and oxygen atoms in total. The molecule has 0 heterocycles. The Morgan fingerprint density at radius 2 is 2.06 bits per heavy atom. The van der Waals surface area contributed by atoms with Gasteiger partial charge in [0, 0.05) is 24.7 Å². The minimum Gasteiger partial charge on any atom is -0.293 e. The number of Topliss-reactive ketones (excluding diaryl/α,β-unsaturated/α-hetero) is 1. The summed E-state index contributed by atoms with van der Waals surface area (Å²) >= 11 is 5.73. The van der Waals surface area contributed by atoms with Crippen LogP contribution in [0.15, 0.2) is 24.3 Å². The molecular formula is C10H13ClN2O3S. The van der Waals surface area contributed by atoms with Crippen molar-refractivity contribution in [1.82, 2.24) is 9.03 Å². The first-order valence-electron chi connectivity index (χ1n) is 4.79. The maximum absolute atomic E-state index is 11.7. The Labute approximate surface area is 106 Å². The van der Waals surface area contributed by atoms with E-state index < -0.39 is 10.2 Å². The van der Waals surface area contributed by atoms with E-state index in [2.05, 4.69) is 4.72 Å². The molecule has 7 heteroatoms. The SMILES string of the molecule is CN(C)S(=O)(=O)NCC(=O)c1cccc(Cl)c1. The number of carbonyl (C=O) groups excluding carboxylic acids is 1. The Morgan fingerprint density at radius 1 is 1.41 bits per heavy atom. The van der Waals surface area contributed by atoms with Crippen molar-refractivity contribution in [3.63, 3.8) is 0 Å². The van der Waals surface area contributed by atoms with E-state index in [-0.39, 0.29) is 12.3 Å². The molecule has 1 aromatic carbocycles. The number of nitrogens with zero attached hydrogens (tertiary/aromatic N) is 1. The van der Waals surface area contributed by atoms with Crippen LogP contribution >= 0.6 is 11.6 Å². The van der Waals surface area contributed by atoms with E-state index in [0.29, 0.717) is 10.6 Å². The molecule has 1 rings (SSSR count). The van der Waals surface area contributed by atoms with E-state index >= 15 is 0 Å². The van der Waals surface area contributed by atoms with Crippen LogP contribution in [0.1, 0.15) is 10.4 Å². The van der Waals surface area contributed by atoms with Gasteiger partial charge in [0.25, 0.3) is 10.2 Å². The lowest BCUT2D eigenvalue weighted by molar-refractivity contribution is 0.0996. The van der Waals surface area contributed by atoms with Gasteiger partial charge in [-0.1, -0.05) is 23.7 Å². The minimum absolute atomic E-state index is 0.291. The Morgan fingerprint density at radius 3 is 2.59 bits per heavy atom. The van der Waals surface area contributed by atoms with Gasteiger partial charge in [-0.25, -0.2) is 0 Å². The Bertz CT molecular complexity index is 514. The third kappa shape index (κ3) is 4.08. The zero-order valence-corrected chi connectivity index (χ0v) is 11.0. The second-order valence-electron chi connectivity index (χ2n) is 3.54. The van der Waals surface area contributed by atoms with Crippen molar-refractivity contribution < 1.29 is 13.2 Å². The fourth-order valence-electron chi connectivity index (χ4n) is 1.05. The molecule has 0 aromatic heterocycles. The molecule has 1 N–H and O–H groups in total. The lowest BCUT2D eigenvalue weighted by atomic mass is 10.1. The van der Waals surface area contributed by atoms with Gasteiger partial charge in [0.1, 0.15) is 0 Å². The van der Waals surface area contributed by atoms with Crippen molar-refractivity contribution in [2.75, 3.05) is 20.6 Å². The van der Waals surface area contributed by atoms with Crippen molar-refractivity contribution in [3.05, 3.63) is 34.9 Å². The van der Waals surface area contributed by atoms with E-state index in [1.165, 1.54) is 20.2 Å². The highest BCUT2D eigenvalue weighted by molar-refractivity contribution is 7.87. The lowest BCUT2D eigenvalue weighted by Crippen LogP contribution is -2.38. The molecule has 0 atom stereocenters. The Kier molecular flexibility index (Phi) is 4.64. The molecular weight excluding hydrogens is 264 g/mol. The number of hydrogen-bond donors (Lipinski definition) is 1. The van der Waals surface area contributed by atoms with Gasteiger partial charge < -0.3 is 0 Å². The quantitative estimate of drug-likeness (QED) is 0.813. The summed E-state index contributed by atoms with van der Waals surface area (Å²) in [5.74, 6) is -0.335. The van der Waals surface area contributed by atoms with Crippen LogP contribution in [0.5, 0.6) is 0 Å². The predicted octanol–water partition coefficient (Wildman–Crippen LogP) is 0.919. The molecule has 0 bridgehead atoms. The molecule has 0 saturated carbocycles. The monoisotopic (exact) mass is 276 g/mol. The van der Waals surface area contributed by atoms with Crippen molar-refractivity contribution in [3.8, 4) is 0 Å². The second kappa shape index (κ2) is 5.59. The van der Waals surface area contributed by atoms with Crippen molar-refractivity contribution >= 4 is 27.6 Å². The fraction of sp³-hybridized carbons (Fsp3) is 0.300. The third-order valence-electron chi connectivity index (χ3n) is 2.04. The number of ketones is 1. The number of nitrogens with one attached hydrogen (secondary N) is 1. The number of halogens is 1. The van der Waals surface area contributed by atoms with Gasteiger partial charge in [-0.2, -0.15) is 17.4 Å². The first kappa shape index (κ1) is 14.1. The van der Waals surface area contributed by atoms with Gasteiger partial charge in [-0.05, 0) is 12.1 Å². The average Bonchev–Trinajstić information content (AvgIpc) is 2.25. The number of benzene rings is 1. The van der Waals surface area contributed by atoms with Crippen LogP contribution in [-0.4, -0.2) is 39.1 Å². The first-order valence-corrected chi connectivity index (χ1v) is 6.60. The number of hydrogen-bond acceptors (Lipinski definition) is 3. The van der Waals surface area contributed by atoms with Crippen molar-refractivity contribution in [1.29, 1.82) is 0 Å². The summed E-state index contributed by atoms with van der Waals surface area (Å²) < 4.78 is 25.9. The Balaban J connectivity index is 2.69. The van der Waals surface area contributed by atoms with Crippen LogP contribution in [0.4, 0.5) is 0 Å². The van der Waals surface area contributed by atoms with Gasteiger partial charge in [-0.15, -0.1) is 0 Å². The molecule has 0 spiro atoms. The highest BCUT2D eigenvalue weighted by atomic mass is 35.5. The average molecular weight is 277 g/mol. The zero-order valence-electron chi connectivity index (χ0n) is 9.47. The molecule has 0 saturated heterocycles. The highest BCUT2D eigenvalue weighted by Crippen LogP contribution is 2.10. The van der Waals surface area contributed by atoms with Gasteiger partial charge in [0.15, 0.2) is 5.78 Å². The summed E-state index contributed by atoms with van der Waals surface area (Å²) in [6, 6.07) is 6.35. The first-order chi connectivity index (χ1) is 7.83. The summed E-state index contributed by atoms with van der Waals surface area (Å²) in [7, 11) is -0.820. The van der Waals surface area contributed by atoms with Crippen LogP contribution in [0.2, 0.25) is 5.02 Å². The molecule has 0 aliphatic rings. The van der Waals surface area contributed by atoms with E-state index in [0.717, 1.165) is 4.31 Å². The molecule has 0 radical (unpaired) electrons. The molecule has 0 aliphatic carbocycles. The van der Waals surface area contributed by atoms with E-state index in [1.54, 1.807) is 18.2 Å². The van der Waals surface area contributed by atoms with Gasteiger partial charge >= 0.3 is 0 Å². The molecule has 0 aliphatic heterocycles. The largest absolute Gasteiger partial charge is 0.293 e. The minimum atomic E-state index is -3.58. The fourth-order valence-corrected chi connectivity index (χ4v) is 1.81. The topological polar surface area (TPSA) is 66.5 Å². The number of carbonyl (C=O) groups is 1. The third-order valence-corrected chi connectivity index (χ3v) is 3.75.